The van der Waals surface area contributed by atoms with E-state index in [1.54, 1.807) is 0 Å². The second kappa shape index (κ2) is 9.49. The van der Waals surface area contributed by atoms with Gasteiger partial charge in [0, 0.05) is 38.5 Å². The number of unbranched alkanes of at least 4 members (excludes halogenated alkanes) is 5. The Kier molecular flexibility index (Phi) is 8.31. The summed E-state index contributed by atoms with van der Waals surface area (Å²) >= 11 is 0. The van der Waals surface area contributed by atoms with Crippen LogP contribution in [0.2, 0.25) is 0 Å². The van der Waals surface area contributed by atoms with E-state index >= 15 is 0 Å². The van der Waals surface area contributed by atoms with E-state index in [0.29, 0.717) is 11.8 Å². The molecule has 1 saturated heterocycles. The Morgan fingerprint density at radius 1 is 1.05 bits per heavy atom. The molecule has 3 nitrogen and oxygen atoms in total. The fourth-order valence-corrected chi connectivity index (χ4v) is 2.79. The molecule has 112 valence electrons. The highest BCUT2D eigenvalue weighted by atomic mass is 16.1. The molecule has 1 aliphatic rings. The fraction of sp³-hybridized carbons (Fsp3) is 0.938. The zero-order chi connectivity index (χ0) is 14.1. The van der Waals surface area contributed by atoms with E-state index < -0.39 is 0 Å². The van der Waals surface area contributed by atoms with E-state index in [1.165, 1.54) is 32.1 Å². The van der Waals surface area contributed by atoms with Crippen LogP contribution >= 0.6 is 0 Å². The molecular formula is C16H32N2O. The molecule has 1 aliphatic heterocycles. The Labute approximate surface area is 119 Å². The van der Waals surface area contributed by atoms with E-state index in [-0.39, 0.29) is 0 Å². The Bertz CT molecular complexity index is 255. The van der Waals surface area contributed by atoms with Gasteiger partial charge in [-0.05, 0) is 20.5 Å². The van der Waals surface area contributed by atoms with Gasteiger partial charge in [0.25, 0.3) is 0 Å². The van der Waals surface area contributed by atoms with E-state index in [9.17, 15) is 4.79 Å². The topological polar surface area (TPSA) is 23.6 Å². The molecule has 0 aliphatic carbocycles. The van der Waals surface area contributed by atoms with Crippen LogP contribution in [0, 0.1) is 0 Å². The number of hydrogen-bond acceptors (Lipinski definition) is 3. The Hall–Kier alpha value is -0.410. The molecule has 1 atom stereocenters. The Morgan fingerprint density at radius 3 is 2.47 bits per heavy atom. The largest absolute Gasteiger partial charge is 0.304 e. The quantitative estimate of drug-likeness (QED) is 0.601. The summed E-state index contributed by atoms with van der Waals surface area (Å²) in [4.78, 5) is 16.7. The molecule has 1 unspecified atom stereocenters. The summed E-state index contributed by atoms with van der Waals surface area (Å²) in [5.74, 6) is 0.461. The average molecular weight is 268 g/mol. The van der Waals surface area contributed by atoms with Gasteiger partial charge in [0.1, 0.15) is 5.78 Å². The molecule has 0 saturated carbocycles. The van der Waals surface area contributed by atoms with Crippen molar-refractivity contribution >= 4 is 5.78 Å². The van der Waals surface area contributed by atoms with Crippen molar-refractivity contribution in [1.29, 1.82) is 0 Å². The molecular weight excluding hydrogens is 236 g/mol. The third-order valence-electron chi connectivity index (χ3n) is 4.25. The Morgan fingerprint density at radius 2 is 1.74 bits per heavy atom. The van der Waals surface area contributed by atoms with Gasteiger partial charge in [-0.15, -0.1) is 0 Å². The summed E-state index contributed by atoms with van der Waals surface area (Å²) < 4.78 is 0. The number of nitrogens with zero attached hydrogens (tertiary/aromatic N) is 2. The lowest BCUT2D eigenvalue weighted by molar-refractivity contribution is -0.120. The molecule has 0 N–H and O–H groups in total. The van der Waals surface area contributed by atoms with Crippen molar-refractivity contribution in [3.05, 3.63) is 0 Å². The van der Waals surface area contributed by atoms with Crippen LogP contribution < -0.4 is 0 Å². The molecule has 0 bridgehead atoms. The SMILES string of the molecule is CCCCCCCCC(=O)CC1CN(C)CCN1C. The molecule has 0 radical (unpaired) electrons. The van der Waals surface area contributed by atoms with Gasteiger partial charge < -0.3 is 9.80 Å². The highest BCUT2D eigenvalue weighted by Gasteiger charge is 2.23. The van der Waals surface area contributed by atoms with Gasteiger partial charge in [-0.3, -0.25) is 4.79 Å². The predicted molar refractivity (Wildman–Crippen MR) is 81.5 cm³/mol. The van der Waals surface area contributed by atoms with E-state index in [4.69, 9.17) is 0 Å². The number of Topliss-reactive ketones (excluding diaryl/α,β-unsaturated/α-hetero) is 1. The third-order valence-corrected chi connectivity index (χ3v) is 4.25. The number of carbonyl (C=O) groups excluding carboxylic acids is 1. The van der Waals surface area contributed by atoms with Gasteiger partial charge in [-0.25, -0.2) is 0 Å². The second-order valence-corrected chi connectivity index (χ2v) is 6.16. The van der Waals surface area contributed by atoms with Crippen LogP contribution in [-0.4, -0.2) is 55.4 Å². The highest BCUT2D eigenvalue weighted by molar-refractivity contribution is 5.79. The van der Waals surface area contributed by atoms with Crippen molar-refractivity contribution in [2.24, 2.45) is 0 Å². The smallest absolute Gasteiger partial charge is 0.134 e. The van der Waals surface area contributed by atoms with Gasteiger partial charge in [0.15, 0.2) is 0 Å². The van der Waals surface area contributed by atoms with Gasteiger partial charge >= 0.3 is 0 Å². The van der Waals surface area contributed by atoms with Crippen molar-refractivity contribution in [3.63, 3.8) is 0 Å². The predicted octanol–water partition coefficient (Wildman–Crippen LogP) is 2.94. The summed E-state index contributed by atoms with van der Waals surface area (Å²) in [5.41, 5.74) is 0. The number of carbonyl (C=O) groups is 1. The van der Waals surface area contributed by atoms with Crippen LogP contribution in [0.15, 0.2) is 0 Å². The minimum absolute atomic E-state index is 0.436. The average Bonchev–Trinajstić information content (AvgIpc) is 2.38. The first-order valence-corrected chi connectivity index (χ1v) is 8.04. The maximum atomic E-state index is 12.0. The van der Waals surface area contributed by atoms with Crippen molar-refractivity contribution in [2.75, 3.05) is 33.7 Å². The summed E-state index contributed by atoms with van der Waals surface area (Å²) in [6.45, 7) is 5.49. The lowest BCUT2D eigenvalue weighted by Gasteiger charge is -2.37. The normalized spacial score (nSPS) is 21.7. The molecule has 3 heteroatoms. The molecule has 1 rings (SSSR count). The molecule has 1 heterocycles. The maximum absolute atomic E-state index is 12.0. The number of hydrogen-bond donors (Lipinski definition) is 0. The number of likely N-dealkylation sites (N-methyl/N-ethyl adjacent to an activating group) is 2. The van der Waals surface area contributed by atoms with Gasteiger partial charge in [0.2, 0.25) is 0 Å². The van der Waals surface area contributed by atoms with Crippen LogP contribution in [0.3, 0.4) is 0 Å². The first-order valence-electron chi connectivity index (χ1n) is 8.04. The molecule has 0 aromatic rings. The summed E-state index contributed by atoms with van der Waals surface area (Å²) in [7, 11) is 4.30. The third kappa shape index (κ3) is 7.07. The number of rotatable bonds is 9. The highest BCUT2D eigenvalue weighted by Crippen LogP contribution is 2.13. The molecule has 0 spiro atoms. The fourth-order valence-electron chi connectivity index (χ4n) is 2.79. The second-order valence-electron chi connectivity index (χ2n) is 6.16. The first kappa shape index (κ1) is 16.6. The lowest BCUT2D eigenvalue weighted by atomic mass is 10.0. The molecule has 0 amide bonds. The standard InChI is InChI=1S/C16H32N2O/c1-4-5-6-7-8-9-10-16(19)13-15-14-17(2)11-12-18(15)3/h15H,4-14H2,1-3H3. The van der Waals surface area contributed by atoms with E-state index in [0.717, 1.165) is 38.9 Å². The zero-order valence-corrected chi connectivity index (χ0v) is 13.2. The van der Waals surface area contributed by atoms with E-state index in [1.807, 2.05) is 0 Å². The summed E-state index contributed by atoms with van der Waals surface area (Å²) in [6.07, 6.45) is 9.12. The molecule has 19 heavy (non-hydrogen) atoms. The zero-order valence-electron chi connectivity index (χ0n) is 13.2. The first-order chi connectivity index (χ1) is 9.13. The lowest BCUT2D eigenvalue weighted by Crippen LogP contribution is -2.50. The van der Waals surface area contributed by atoms with Crippen LogP contribution in [0.25, 0.3) is 0 Å². The van der Waals surface area contributed by atoms with Crippen molar-refractivity contribution in [2.45, 2.75) is 64.3 Å². The monoisotopic (exact) mass is 268 g/mol. The summed E-state index contributed by atoms with van der Waals surface area (Å²) in [5, 5.41) is 0. The number of piperazine rings is 1. The Balaban J connectivity index is 2.09. The minimum atomic E-state index is 0.436. The number of ketones is 1. The van der Waals surface area contributed by atoms with E-state index in [2.05, 4.69) is 30.8 Å². The van der Waals surface area contributed by atoms with Gasteiger partial charge in [-0.2, -0.15) is 0 Å². The maximum Gasteiger partial charge on any atom is 0.134 e. The van der Waals surface area contributed by atoms with Crippen molar-refractivity contribution in [1.82, 2.24) is 9.80 Å². The van der Waals surface area contributed by atoms with Crippen LogP contribution in [-0.2, 0) is 4.79 Å². The minimum Gasteiger partial charge on any atom is -0.304 e. The molecule has 0 aromatic carbocycles. The van der Waals surface area contributed by atoms with Crippen molar-refractivity contribution < 1.29 is 4.79 Å². The van der Waals surface area contributed by atoms with Crippen LogP contribution in [0.1, 0.15) is 58.3 Å². The molecule has 0 aromatic heterocycles. The van der Waals surface area contributed by atoms with Crippen LogP contribution in [0.4, 0.5) is 0 Å². The van der Waals surface area contributed by atoms with Gasteiger partial charge in [-0.1, -0.05) is 39.0 Å². The molecule has 1 fully saturated rings. The van der Waals surface area contributed by atoms with Gasteiger partial charge in [0.05, 0.1) is 0 Å². The summed E-state index contributed by atoms with van der Waals surface area (Å²) in [6, 6.07) is 0.436. The van der Waals surface area contributed by atoms with Crippen LogP contribution in [0.5, 0.6) is 0 Å². The van der Waals surface area contributed by atoms with Crippen molar-refractivity contribution in [3.8, 4) is 0 Å².